The lowest BCUT2D eigenvalue weighted by Crippen LogP contribution is -2.13. The molecule has 1 aromatic heterocycles. The zero-order chi connectivity index (χ0) is 16.1. The summed E-state index contributed by atoms with van der Waals surface area (Å²) < 4.78 is 7.95. The SMILES string of the molecule is S=c1[nH]ncn1NCc1ccc(OCc2ccccc2Cl)cc1. The Hall–Kier alpha value is -2.31. The molecule has 0 saturated carbocycles. The zero-order valence-electron chi connectivity index (χ0n) is 12.2. The molecule has 0 fully saturated rings. The van der Waals surface area contributed by atoms with Crippen LogP contribution in [0.15, 0.2) is 54.9 Å². The Morgan fingerprint density at radius 3 is 2.65 bits per heavy atom. The molecule has 0 bridgehead atoms. The second-order valence-electron chi connectivity index (χ2n) is 4.89. The van der Waals surface area contributed by atoms with Crippen molar-refractivity contribution in [3.05, 3.63) is 75.8 Å². The van der Waals surface area contributed by atoms with E-state index in [1.807, 2.05) is 48.5 Å². The Morgan fingerprint density at radius 2 is 1.96 bits per heavy atom. The Kier molecular flexibility index (Phi) is 4.95. The summed E-state index contributed by atoms with van der Waals surface area (Å²) in [4.78, 5) is 0. The van der Waals surface area contributed by atoms with Crippen LogP contribution in [0.25, 0.3) is 0 Å². The lowest BCUT2D eigenvalue weighted by molar-refractivity contribution is 0.306. The standard InChI is InChI=1S/C16H15ClN4OS/c17-15-4-2-1-3-13(15)10-22-14-7-5-12(6-8-14)9-19-21-11-18-20-16(21)23/h1-8,11,19H,9-10H2,(H,20,23). The van der Waals surface area contributed by atoms with Gasteiger partial charge in [-0.1, -0.05) is 41.9 Å². The molecule has 5 nitrogen and oxygen atoms in total. The smallest absolute Gasteiger partial charge is 0.214 e. The monoisotopic (exact) mass is 346 g/mol. The van der Waals surface area contributed by atoms with Crippen LogP contribution in [0.1, 0.15) is 11.1 Å². The van der Waals surface area contributed by atoms with Crippen LogP contribution < -0.4 is 10.2 Å². The van der Waals surface area contributed by atoms with E-state index in [1.54, 1.807) is 11.0 Å². The Balaban J connectivity index is 1.56. The van der Waals surface area contributed by atoms with Gasteiger partial charge in [-0.25, -0.2) is 4.68 Å². The number of aromatic amines is 1. The molecule has 3 rings (SSSR count). The first kappa shape index (κ1) is 15.6. The lowest BCUT2D eigenvalue weighted by atomic mass is 10.2. The van der Waals surface area contributed by atoms with Crippen molar-refractivity contribution >= 4 is 23.8 Å². The van der Waals surface area contributed by atoms with Gasteiger partial charge in [0, 0.05) is 10.6 Å². The van der Waals surface area contributed by atoms with E-state index in [9.17, 15) is 0 Å². The third-order valence-electron chi connectivity index (χ3n) is 3.28. The summed E-state index contributed by atoms with van der Waals surface area (Å²) >= 11 is 11.2. The van der Waals surface area contributed by atoms with Crippen molar-refractivity contribution in [1.82, 2.24) is 14.9 Å². The molecule has 0 saturated heterocycles. The van der Waals surface area contributed by atoms with Crippen LogP contribution >= 0.6 is 23.8 Å². The van der Waals surface area contributed by atoms with Crippen LogP contribution in [0.5, 0.6) is 5.75 Å². The largest absolute Gasteiger partial charge is 0.489 e. The van der Waals surface area contributed by atoms with E-state index in [1.165, 1.54) is 0 Å². The molecule has 0 unspecified atom stereocenters. The van der Waals surface area contributed by atoms with Crippen molar-refractivity contribution in [2.75, 3.05) is 5.43 Å². The van der Waals surface area contributed by atoms with Crippen LogP contribution in [0, 0.1) is 4.77 Å². The number of nitrogens with one attached hydrogen (secondary N) is 2. The second kappa shape index (κ2) is 7.30. The number of hydrogen-bond donors (Lipinski definition) is 2. The van der Waals surface area contributed by atoms with Crippen molar-refractivity contribution < 1.29 is 4.74 Å². The highest BCUT2D eigenvalue weighted by atomic mass is 35.5. The van der Waals surface area contributed by atoms with Gasteiger partial charge >= 0.3 is 0 Å². The molecule has 0 atom stereocenters. The summed E-state index contributed by atoms with van der Waals surface area (Å²) in [5.41, 5.74) is 5.23. The topological polar surface area (TPSA) is 54.9 Å². The zero-order valence-corrected chi connectivity index (χ0v) is 13.8. The maximum Gasteiger partial charge on any atom is 0.214 e. The van der Waals surface area contributed by atoms with E-state index in [2.05, 4.69) is 15.6 Å². The van der Waals surface area contributed by atoms with Gasteiger partial charge in [-0.15, -0.1) is 0 Å². The summed E-state index contributed by atoms with van der Waals surface area (Å²) in [5, 5.41) is 7.25. The number of halogens is 1. The van der Waals surface area contributed by atoms with Crippen LogP contribution in [-0.2, 0) is 13.2 Å². The minimum absolute atomic E-state index is 0.446. The Morgan fingerprint density at radius 1 is 1.17 bits per heavy atom. The minimum atomic E-state index is 0.446. The predicted octanol–water partition coefficient (Wildman–Crippen LogP) is 3.92. The van der Waals surface area contributed by atoms with E-state index < -0.39 is 0 Å². The molecular weight excluding hydrogens is 332 g/mol. The van der Waals surface area contributed by atoms with Gasteiger partial charge in [0.1, 0.15) is 18.7 Å². The minimum Gasteiger partial charge on any atom is -0.489 e. The third kappa shape index (κ3) is 4.12. The van der Waals surface area contributed by atoms with Crippen molar-refractivity contribution in [3.8, 4) is 5.75 Å². The Labute approximate surface area is 143 Å². The molecule has 1 heterocycles. The van der Waals surface area contributed by atoms with E-state index in [4.69, 9.17) is 28.6 Å². The highest BCUT2D eigenvalue weighted by Crippen LogP contribution is 2.19. The number of benzene rings is 2. The first-order valence-corrected chi connectivity index (χ1v) is 7.82. The van der Waals surface area contributed by atoms with Gasteiger partial charge in [-0.2, -0.15) is 5.10 Å². The summed E-state index contributed by atoms with van der Waals surface area (Å²) in [6, 6.07) is 15.5. The molecule has 0 aliphatic heterocycles. The van der Waals surface area contributed by atoms with Crippen molar-refractivity contribution in [2.45, 2.75) is 13.2 Å². The molecule has 0 aliphatic carbocycles. The van der Waals surface area contributed by atoms with E-state index in [0.29, 0.717) is 22.9 Å². The van der Waals surface area contributed by atoms with Gasteiger partial charge in [0.2, 0.25) is 4.77 Å². The van der Waals surface area contributed by atoms with Crippen LogP contribution in [-0.4, -0.2) is 14.9 Å². The fraction of sp³-hybridized carbons (Fsp3) is 0.125. The van der Waals surface area contributed by atoms with Gasteiger partial charge in [-0.3, -0.25) is 5.10 Å². The van der Waals surface area contributed by atoms with E-state index >= 15 is 0 Å². The highest BCUT2D eigenvalue weighted by molar-refractivity contribution is 7.71. The van der Waals surface area contributed by atoms with Crippen molar-refractivity contribution in [3.63, 3.8) is 0 Å². The number of hydrogen-bond acceptors (Lipinski definition) is 4. The quantitative estimate of drug-likeness (QED) is 0.664. The first-order valence-electron chi connectivity index (χ1n) is 7.03. The van der Waals surface area contributed by atoms with Crippen LogP contribution in [0.4, 0.5) is 0 Å². The van der Waals surface area contributed by atoms with E-state index in [-0.39, 0.29) is 0 Å². The molecule has 0 amide bonds. The summed E-state index contributed by atoms with van der Waals surface area (Å²) in [6.45, 7) is 1.08. The Bertz CT molecular complexity index is 828. The summed E-state index contributed by atoms with van der Waals surface area (Å²) in [5.74, 6) is 0.800. The lowest BCUT2D eigenvalue weighted by Gasteiger charge is -2.09. The average Bonchev–Trinajstić information content (AvgIpc) is 2.98. The number of aromatic nitrogens is 3. The van der Waals surface area contributed by atoms with Gasteiger partial charge in [0.25, 0.3) is 0 Å². The first-order chi connectivity index (χ1) is 11.2. The molecule has 23 heavy (non-hydrogen) atoms. The number of H-pyrrole nitrogens is 1. The molecular formula is C16H15ClN4OS. The molecule has 0 aliphatic rings. The molecule has 0 spiro atoms. The maximum atomic E-state index is 6.11. The van der Waals surface area contributed by atoms with Gasteiger partial charge in [0.15, 0.2) is 0 Å². The molecule has 118 valence electrons. The predicted molar refractivity (Wildman–Crippen MR) is 92.7 cm³/mol. The van der Waals surface area contributed by atoms with Crippen LogP contribution in [0.2, 0.25) is 5.02 Å². The molecule has 3 aromatic rings. The molecule has 2 N–H and O–H groups in total. The molecule has 7 heteroatoms. The third-order valence-corrected chi connectivity index (χ3v) is 3.94. The van der Waals surface area contributed by atoms with Gasteiger partial charge < -0.3 is 10.2 Å². The van der Waals surface area contributed by atoms with E-state index in [0.717, 1.165) is 16.9 Å². The normalized spacial score (nSPS) is 10.5. The average molecular weight is 347 g/mol. The van der Waals surface area contributed by atoms with Gasteiger partial charge in [0.05, 0.1) is 6.54 Å². The van der Waals surface area contributed by atoms with Gasteiger partial charge in [-0.05, 0) is 36.0 Å². The molecule has 2 aromatic carbocycles. The second-order valence-corrected chi connectivity index (χ2v) is 5.68. The van der Waals surface area contributed by atoms with Crippen molar-refractivity contribution in [1.29, 1.82) is 0 Å². The molecule has 0 radical (unpaired) electrons. The number of ether oxygens (including phenoxy) is 1. The number of rotatable bonds is 6. The fourth-order valence-electron chi connectivity index (χ4n) is 2.02. The maximum absolute atomic E-state index is 6.11. The van der Waals surface area contributed by atoms with Crippen LogP contribution in [0.3, 0.4) is 0 Å². The number of nitrogens with zero attached hydrogens (tertiary/aromatic N) is 2. The summed E-state index contributed by atoms with van der Waals surface area (Å²) in [6.07, 6.45) is 1.60. The summed E-state index contributed by atoms with van der Waals surface area (Å²) in [7, 11) is 0. The van der Waals surface area contributed by atoms with Crippen molar-refractivity contribution in [2.24, 2.45) is 0 Å². The fourth-order valence-corrected chi connectivity index (χ4v) is 2.37. The highest BCUT2D eigenvalue weighted by Gasteiger charge is 2.01.